The molecule has 1 N–H and O–H groups in total. The first-order valence-corrected chi connectivity index (χ1v) is 7.21. The van der Waals surface area contributed by atoms with Crippen molar-refractivity contribution in [2.24, 2.45) is 0 Å². The smallest absolute Gasteiger partial charge is 0.170 e. The highest BCUT2D eigenvalue weighted by atomic mass is 32.1. The molecule has 2 aromatic rings. The number of aromatic nitrogens is 3. The van der Waals surface area contributed by atoms with E-state index in [1.807, 2.05) is 5.38 Å². The van der Waals surface area contributed by atoms with Crippen LogP contribution in [0.15, 0.2) is 11.6 Å². The van der Waals surface area contributed by atoms with Crippen molar-refractivity contribution in [1.29, 1.82) is 0 Å². The van der Waals surface area contributed by atoms with Crippen molar-refractivity contribution in [2.75, 3.05) is 0 Å². The zero-order chi connectivity index (χ0) is 12.4. The molecular weight excluding hydrogens is 246 g/mol. The van der Waals surface area contributed by atoms with Crippen molar-refractivity contribution in [1.82, 2.24) is 15.0 Å². The molecule has 5 heteroatoms. The number of imidazole rings is 1. The summed E-state index contributed by atoms with van der Waals surface area (Å²) in [5.41, 5.74) is 1.57. The van der Waals surface area contributed by atoms with Gasteiger partial charge in [-0.1, -0.05) is 19.3 Å². The van der Waals surface area contributed by atoms with E-state index in [9.17, 15) is 4.79 Å². The molecule has 3 rings (SSSR count). The number of H-pyrrole nitrogens is 1. The second-order valence-corrected chi connectivity index (χ2v) is 5.57. The third kappa shape index (κ3) is 2.10. The summed E-state index contributed by atoms with van der Waals surface area (Å²) in [4.78, 5) is 23.1. The number of thiazole rings is 1. The Morgan fingerprint density at radius 1 is 1.33 bits per heavy atom. The van der Waals surface area contributed by atoms with E-state index in [-0.39, 0.29) is 0 Å². The van der Waals surface area contributed by atoms with E-state index in [0.717, 1.165) is 35.7 Å². The maximum atomic E-state index is 11.2. The molecule has 1 aliphatic carbocycles. The standard InChI is InChI=1S/C13H15N3OS/c17-8-10-11(9-4-2-1-3-5-9)16-12(15-10)13-14-6-7-18-13/h6-9H,1-5H2,(H,15,16). The second-order valence-electron chi connectivity index (χ2n) is 4.67. The quantitative estimate of drug-likeness (QED) is 0.861. The van der Waals surface area contributed by atoms with Gasteiger partial charge in [-0.05, 0) is 12.8 Å². The van der Waals surface area contributed by atoms with Crippen LogP contribution in [0.3, 0.4) is 0 Å². The number of rotatable bonds is 3. The number of aromatic amines is 1. The Labute approximate surface area is 109 Å². The lowest BCUT2D eigenvalue weighted by Crippen LogP contribution is -2.07. The minimum absolute atomic E-state index is 0.458. The first kappa shape index (κ1) is 11.6. The highest BCUT2D eigenvalue weighted by molar-refractivity contribution is 7.13. The summed E-state index contributed by atoms with van der Waals surface area (Å²) in [6.45, 7) is 0. The summed E-state index contributed by atoms with van der Waals surface area (Å²) in [7, 11) is 0. The molecule has 0 radical (unpaired) electrons. The van der Waals surface area contributed by atoms with Crippen molar-refractivity contribution < 1.29 is 4.79 Å². The number of hydrogen-bond donors (Lipinski definition) is 1. The van der Waals surface area contributed by atoms with Crippen LogP contribution in [-0.4, -0.2) is 21.2 Å². The van der Waals surface area contributed by atoms with Crippen LogP contribution in [0.4, 0.5) is 0 Å². The van der Waals surface area contributed by atoms with Crippen LogP contribution in [0.25, 0.3) is 10.8 Å². The third-order valence-electron chi connectivity index (χ3n) is 3.52. The molecule has 0 aromatic carbocycles. The molecule has 0 saturated heterocycles. The van der Waals surface area contributed by atoms with E-state index in [0.29, 0.717) is 11.6 Å². The Morgan fingerprint density at radius 3 is 2.83 bits per heavy atom. The summed E-state index contributed by atoms with van der Waals surface area (Å²) in [5.74, 6) is 1.19. The minimum atomic E-state index is 0.458. The number of carbonyl (C=O) groups excluding carboxylic acids is 1. The molecule has 1 fully saturated rings. The van der Waals surface area contributed by atoms with E-state index in [4.69, 9.17) is 0 Å². The molecule has 0 amide bonds. The Bertz CT molecular complexity index is 526. The van der Waals surface area contributed by atoms with Crippen LogP contribution in [0.5, 0.6) is 0 Å². The SMILES string of the molecule is O=Cc1nc(-c2nccs2)[nH]c1C1CCCCC1. The third-order valence-corrected chi connectivity index (χ3v) is 4.30. The van der Waals surface area contributed by atoms with E-state index in [2.05, 4.69) is 15.0 Å². The van der Waals surface area contributed by atoms with Crippen molar-refractivity contribution in [3.8, 4) is 10.8 Å². The van der Waals surface area contributed by atoms with Gasteiger partial charge in [-0.2, -0.15) is 0 Å². The molecule has 1 aliphatic rings. The molecule has 1 saturated carbocycles. The van der Waals surface area contributed by atoms with Gasteiger partial charge in [-0.25, -0.2) is 9.97 Å². The van der Waals surface area contributed by atoms with Gasteiger partial charge in [0.25, 0.3) is 0 Å². The van der Waals surface area contributed by atoms with E-state index in [1.54, 1.807) is 6.20 Å². The summed E-state index contributed by atoms with van der Waals surface area (Å²) < 4.78 is 0. The van der Waals surface area contributed by atoms with Crippen molar-refractivity contribution in [3.05, 3.63) is 23.0 Å². The second kappa shape index (κ2) is 5.02. The number of aldehydes is 1. The number of hydrogen-bond acceptors (Lipinski definition) is 4. The topological polar surface area (TPSA) is 58.6 Å². The highest BCUT2D eigenvalue weighted by Crippen LogP contribution is 2.34. The van der Waals surface area contributed by atoms with Gasteiger partial charge in [0.15, 0.2) is 17.1 Å². The molecule has 94 valence electrons. The molecule has 18 heavy (non-hydrogen) atoms. The van der Waals surface area contributed by atoms with Crippen LogP contribution in [0.2, 0.25) is 0 Å². The fraction of sp³-hybridized carbons (Fsp3) is 0.462. The lowest BCUT2D eigenvalue weighted by molar-refractivity contribution is 0.111. The van der Waals surface area contributed by atoms with Crippen LogP contribution in [0, 0.1) is 0 Å². The molecule has 0 unspecified atom stereocenters. The lowest BCUT2D eigenvalue weighted by Gasteiger charge is -2.20. The van der Waals surface area contributed by atoms with Gasteiger partial charge in [0.05, 0.1) is 0 Å². The minimum Gasteiger partial charge on any atom is -0.339 e. The summed E-state index contributed by atoms with van der Waals surface area (Å²) in [5, 5.41) is 2.76. The lowest BCUT2D eigenvalue weighted by atomic mass is 9.86. The van der Waals surface area contributed by atoms with Crippen molar-refractivity contribution >= 4 is 17.6 Å². The molecule has 0 aliphatic heterocycles. The molecule has 2 heterocycles. The van der Waals surface area contributed by atoms with Crippen LogP contribution in [0.1, 0.15) is 54.2 Å². The molecule has 2 aromatic heterocycles. The number of carbonyl (C=O) groups is 1. The van der Waals surface area contributed by atoms with Crippen LogP contribution in [-0.2, 0) is 0 Å². The van der Waals surface area contributed by atoms with Crippen molar-refractivity contribution in [2.45, 2.75) is 38.0 Å². The average molecular weight is 261 g/mol. The van der Waals surface area contributed by atoms with Gasteiger partial charge < -0.3 is 4.98 Å². The first-order valence-electron chi connectivity index (χ1n) is 6.33. The normalized spacial score (nSPS) is 16.9. The van der Waals surface area contributed by atoms with Gasteiger partial charge in [-0.3, -0.25) is 4.79 Å². The number of nitrogens with one attached hydrogen (secondary N) is 1. The predicted octanol–water partition coefficient (Wildman–Crippen LogP) is 3.39. The highest BCUT2D eigenvalue weighted by Gasteiger charge is 2.22. The van der Waals surface area contributed by atoms with E-state index < -0.39 is 0 Å². The maximum Gasteiger partial charge on any atom is 0.170 e. The fourth-order valence-electron chi connectivity index (χ4n) is 2.63. The van der Waals surface area contributed by atoms with Gasteiger partial charge in [0.1, 0.15) is 5.69 Å². The Hall–Kier alpha value is -1.49. The summed E-state index contributed by atoms with van der Waals surface area (Å²) in [6, 6.07) is 0. The largest absolute Gasteiger partial charge is 0.339 e. The predicted molar refractivity (Wildman–Crippen MR) is 70.9 cm³/mol. The molecule has 0 bridgehead atoms. The fourth-order valence-corrected chi connectivity index (χ4v) is 3.21. The summed E-state index contributed by atoms with van der Waals surface area (Å²) >= 11 is 1.53. The molecule has 0 atom stereocenters. The first-order chi connectivity index (χ1) is 8.88. The molecule has 0 spiro atoms. The van der Waals surface area contributed by atoms with E-state index >= 15 is 0 Å². The van der Waals surface area contributed by atoms with Crippen LogP contribution >= 0.6 is 11.3 Å². The molecular formula is C13H15N3OS. The molecule has 4 nitrogen and oxygen atoms in total. The zero-order valence-electron chi connectivity index (χ0n) is 10.1. The van der Waals surface area contributed by atoms with Gasteiger partial charge in [-0.15, -0.1) is 11.3 Å². The van der Waals surface area contributed by atoms with E-state index in [1.165, 1.54) is 30.6 Å². The monoisotopic (exact) mass is 261 g/mol. The zero-order valence-corrected chi connectivity index (χ0v) is 10.9. The summed E-state index contributed by atoms with van der Waals surface area (Å²) in [6.07, 6.45) is 8.71. The Balaban J connectivity index is 1.95. The maximum absolute atomic E-state index is 11.2. The van der Waals surface area contributed by atoms with Gasteiger partial charge >= 0.3 is 0 Å². The average Bonchev–Trinajstić information content (AvgIpc) is 3.08. The van der Waals surface area contributed by atoms with Crippen LogP contribution < -0.4 is 0 Å². The van der Waals surface area contributed by atoms with Gasteiger partial charge in [0, 0.05) is 23.2 Å². The van der Waals surface area contributed by atoms with Crippen molar-refractivity contribution in [3.63, 3.8) is 0 Å². The van der Waals surface area contributed by atoms with Gasteiger partial charge in [0.2, 0.25) is 0 Å². The Morgan fingerprint density at radius 2 is 2.17 bits per heavy atom. The number of nitrogens with zero attached hydrogens (tertiary/aromatic N) is 2. The Kier molecular flexibility index (Phi) is 3.23.